The summed E-state index contributed by atoms with van der Waals surface area (Å²) in [7, 11) is 0. The summed E-state index contributed by atoms with van der Waals surface area (Å²) in [6.45, 7) is 7.78. The van der Waals surface area contributed by atoms with E-state index in [0.29, 0.717) is 36.6 Å². The van der Waals surface area contributed by atoms with E-state index in [1.54, 1.807) is 18.2 Å². The average molecular weight is 463 g/mol. The third kappa shape index (κ3) is 5.43. The number of ether oxygens (including phenoxy) is 3. The van der Waals surface area contributed by atoms with Crippen LogP contribution in [-0.2, 0) is 9.47 Å². The molecule has 0 aromatic heterocycles. The fraction of sp³-hybridized carbons (Fsp3) is 0.500. The number of rotatable bonds is 6. The minimum Gasteiger partial charge on any atom is -0.490 e. The smallest absolute Gasteiger partial charge is 0.253 e. The first kappa shape index (κ1) is 24.3. The van der Waals surface area contributed by atoms with Crippen molar-refractivity contribution >= 4 is 5.91 Å². The highest BCUT2D eigenvalue weighted by atomic mass is 16.5. The van der Waals surface area contributed by atoms with Gasteiger partial charge in [0.2, 0.25) is 0 Å². The highest BCUT2D eigenvalue weighted by Crippen LogP contribution is 2.44. The molecule has 1 spiro atoms. The van der Waals surface area contributed by atoms with Gasteiger partial charge in [-0.15, -0.1) is 0 Å². The van der Waals surface area contributed by atoms with Crippen molar-refractivity contribution in [3.05, 3.63) is 65.2 Å². The molecule has 2 aliphatic heterocycles. The van der Waals surface area contributed by atoms with Gasteiger partial charge in [-0.2, -0.15) is 5.26 Å². The van der Waals surface area contributed by atoms with Gasteiger partial charge in [-0.1, -0.05) is 30.3 Å². The molecule has 2 fully saturated rings. The molecule has 2 saturated heterocycles. The van der Waals surface area contributed by atoms with Gasteiger partial charge in [0.25, 0.3) is 5.91 Å². The first-order valence-corrected chi connectivity index (χ1v) is 12.3. The predicted molar refractivity (Wildman–Crippen MR) is 130 cm³/mol. The number of piperidine rings is 1. The largest absolute Gasteiger partial charge is 0.490 e. The number of nitriles is 1. The van der Waals surface area contributed by atoms with E-state index in [2.05, 4.69) is 18.2 Å². The van der Waals surface area contributed by atoms with Gasteiger partial charge in [-0.25, -0.2) is 0 Å². The van der Waals surface area contributed by atoms with Crippen LogP contribution < -0.4 is 4.74 Å². The Morgan fingerprint density at radius 1 is 1.21 bits per heavy atom. The summed E-state index contributed by atoms with van der Waals surface area (Å²) < 4.78 is 18.5. The van der Waals surface area contributed by atoms with Gasteiger partial charge < -0.3 is 19.1 Å². The molecule has 6 heteroatoms. The number of likely N-dealkylation sites (tertiary alicyclic amines) is 1. The molecule has 2 atom stereocenters. The fourth-order valence-electron chi connectivity index (χ4n) is 5.10. The third-order valence-electron chi connectivity index (χ3n) is 6.71. The van der Waals surface area contributed by atoms with E-state index in [1.165, 1.54) is 5.56 Å². The number of hydrogen-bond acceptors (Lipinski definition) is 5. The van der Waals surface area contributed by atoms with Gasteiger partial charge >= 0.3 is 0 Å². The summed E-state index contributed by atoms with van der Waals surface area (Å²) in [5.74, 6) is 0.454. The van der Waals surface area contributed by atoms with Gasteiger partial charge in [0.05, 0.1) is 29.5 Å². The van der Waals surface area contributed by atoms with Crippen LogP contribution in [0.3, 0.4) is 0 Å². The van der Waals surface area contributed by atoms with Crippen molar-refractivity contribution in [1.29, 1.82) is 5.26 Å². The number of carbonyl (C=O) groups is 1. The van der Waals surface area contributed by atoms with Gasteiger partial charge in [-0.3, -0.25) is 4.79 Å². The van der Waals surface area contributed by atoms with E-state index < -0.39 is 0 Å². The molecule has 2 aromatic carbocycles. The summed E-state index contributed by atoms with van der Waals surface area (Å²) in [5, 5.41) is 9.52. The van der Waals surface area contributed by atoms with Crippen molar-refractivity contribution in [3.63, 3.8) is 0 Å². The van der Waals surface area contributed by atoms with Crippen molar-refractivity contribution < 1.29 is 19.0 Å². The molecule has 34 heavy (non-hydrogen) atoms. The SMILES string of the molecule is CCO[C@H]1C[C@@H](c2ccccc2)OC2(CCN(C(=O)c3ccc(OC(C)C)c(C#N)c3)CC2)C1. The second-order valence-electron chi connectivity index (χ2n) is 9.50. The Kier molecular flexibility index (Phi) is 7.55. The monoisotopic (exact) mass is 462 g/mol. The molecule has 4 rings (SSSR count). The minimum atomic E-state index is -0.290. The zero-order chi connectivity index (χ0) is 24.1. The van der Waals surface area contributed by atoms with E-state index in [0.717, 1.165) is 25.7 Å². The minimum absolute atomic E-state index is 0.000407. The van der Waals surface area contributed by atoms with Crippen LogP contribution >= 0.6 is 0 Å². The summed E-state index contributed by atoms with van der Waals surface area (Å²) in [4.78, 5) is 15.1. The molecule has 180 valence electrons. The maximum Gasteiger partial charge on any atom is 0.253 e. The van der Waals surface area contributed by atoms with Crippen molar-refractivity contribution in [2.75, 3.05) is 19.7 Å². The molecule has 0 aliphatic carbocycles. The molecule has 0 bridgehead atoms. The lowest BCUT2D eigenvalue weighted by Crippen LogP contribution is -2.52. The Hall–Kier alpha value is -2.88. The van der Waals surface area contributed by atoms with Crippen molar-refractivity contribution in [1.82, 2.24) is 4.90 Å². The average Bonchev–Trinajstić information content (AvgIpc) is 2.84. The third-order valence-corrected chi connectivity index (χ3v) is 6.71. The highest BCUT2D eigenvalue weighted by Gasteiger charge is 2.45. The highest BCUT2D eigenvalue weighted by molar-refractivity contribution is 5.95. The molecule has 0 saturated carbocycles. The van der Waals surface area contributed by atoms with E-state index in [-0.39, 0.29) is 29.8 Å². The molecular weight excluding hydrogens is 428 g/mol. The lowest BCUT2D eigenvalue weighted by atomic mass is 9.80. The molecule has 2 aromatic rings. The van der Waals surface area contributed by atoms with Crippen LogP contribution in [-0.4, -0.2) is 48.3 Å². The second-order valence-corrected chi connectivity index (χ2v) is 9.50. The summed E-state index contributed by atoms with van der Waals surface area (Å²) in [6, 6.07) is 17.6. The van der Waals surface area contributed by atoms with Gasteiger partial charge in [0.15, 0.2) is 0 Å². The Bertz CT molecular complexity index is 1020. The Labute approximate surface area is 202 Å². The summed E-state index contributed by atoms with van der Waals surface area (Å²) in [6.07, 6.45) is 3.35. The molecule has 2 heterocycles. The molecule has 0 N–H and O–H groups in total. The first-order valence-electron chi connectivity index (χ1n) is 12.3. The van der Waals surface area contributed by atoms with Crippen LogP contribution in [0, 0.1) is 11.3 Å². The number of amides is 1. The fourth-order valence-corrected chi connectivity index (χ4v) is 5.10. The van der Waals surface area contributed by atoms with E-state index in [9.17, 15) is 10.1 Å². The number of hydrogen-bond donors (Lipinski definition) is 0. The van der Waals surface area contributed by atoms with Gasteiger partial charge in [0, 0.05) is 38.1 Å². The van der Waals surface area contributed by atoms with Crippen LogP contribution in [0.25, 0.3) is 0 Å². The standard InChI is InChI=1S/C28H34N2O4/c1-4-32-24-17-26(21-8-6-5-7-9-21)34-28(18-24)12-14-30(15-13-28)27(31)22-10-11-25(33-20(2)3)23(16-22)19-29/h5-11,16,20,24,26H,4,12-15,17-18H2,1-3H3/t24-,26-/m0/s1. The van der Waals surface area contributed by atoms with E-state index >= 15 is 0 Å². The van der Waals surface area contributed by atoms with Gasteiger partial charge in [-0.05, 0) is 57.4 Å². The lowest BCUT2D eigenvalue weighted by molar-refractivity contribution is -0.190. The van der Waals surface area contributed by atoms with Crippen molar-refractivity contribution in [3.8, 4) is 11.8 Å². The number of nitrogens with zero attached hydrogens (tertiary/aromatic N) is 2. The lowest BCUT2D eigenvalue weighted by Gasteiger charge is -2.48. The molecule has 0 unspecified atom stereocenters. The zero-order valence-corrected chi connectivity index (χ0v) is 20.3. The molecular formula is C28H34N2O4. The molecule has 2 aliphatic rings. The molecule has 1 amide bonds. The van der Waals surface area contributed by atoms with Crippen LogP contribution in [0.2, 0.25) is 0 Å². The van der Waals surface area contributed by atoms with E-state index in [1.807, 2.05) is 43.9 Å². The molecule has 6 nitrogen and oxygen atoms in total. The summed E-state index contributed by atoms with van der Waals surface area (Å²) >= 11 is 0. The zero-order valence-electron chi connectivity index (χ0n) is 20.3. The van der Waals surface area contributed by atoms with Crippen molar-refractivity contribution in [2.24, 2.45) is 0 Å². The van der Waals surface area contributed by atoms with Gasteiger partial charge in [0.1, 0.15) is 11.8 Å². The normalized spacial score (nSPS) is 21.9. The van der Waals surface area contributed by atoms with Crippen LogP contribution in [0.5, 0.6) is 5.75 Å². The Morgan fingerprint density at radius 3 is 2.59 bits per heavy atom. The number of carbonyl (C=O) groups excluding carboxylic acids is 1. The molecule has 0 radical (unpaired) electrons. The predicted octanol–water partition coefficient (Wildman–Crippen LogP) is 5.28. The van der Waals surface area contributed by atoms with Crippen LogP contribution in [0.15, 0.2) is 48.5 Å². The quantitative estimate of drug-likeness (QED) is 0.584. The maximum absolute atomic E-state index is 13.2. The first-order chi connectivity index (χ1) is 16.4. The van der Waals surface area contributed by atoms with E-state index in [4.69, 9.17) is 14.2 Å². The Morgan fingerprint density at radius 2 is 1.94 bits per heavy atom. The Balaban J connectivity index is 1.46. The maximum atomic E-state index is 13.2. The second kappa shape index (κ2) is 10.6. The summed E-state index contributed by atoms with van der Waals surface area (Å²) in [5.41, 5.74) is 1.79. The topological polar surface area (TPSA) is 71.8 Å². The van der Waals surface area contributed by atoms with Crippen molar-refractivity contribution in [2.45, 2.75) is 70.4 Å². The van der Waals surface area contributed by atoms with Crippen LogP contribution in [0.4, 0.5) is 0 Å². The number of benzene rings is 2. The van der Waals surface area contributed by atoms with Crippen LogP contribution in [0.1, 0.15) is 74.0 Å².